The third-order valence-electron chi connectivity index (χ3n) is 2.64. The lowest BCUT2D eigenvalue weighted by Crippen LogP contribution is -2.05. The second-order valence-electron chi connectivity index (χ2n) is 3.69. The molecule has 2 rings (SSSR count). The van der Waals surface area contributed by atoms with Gasteiger partial charge in [0.15, 0.2) is 6.29 Å². The maximum atomic E-state index is 10.9. The largest absolute Gasteiger partial charge is 0.338 e. The average Bonchev–Trinajstić information content (AvgIpc) is 2.63. The summed E-state index contributed by atoms with van der Waals surface area (Å²) in [5.41, 5.74) is 2.98. The van der Waals surface area contributed by atoms with Crippen LogP contribution in [0.4, 0.5) is 0 Å². The minimum atomic E-state index is 0.716. The average molecular weight is 278 g/mol. The molecule has 0 bridgehead atoms. The van der Waals surface area contributed by atoms with Gasteiger partial charge in [0.25, 0.3) is 0 Å². The summed E-state index contributed by atoms with van der Waals surface area (Å²) in [5.74, 6) is 0. The smallest absolute Gasteiger partial charge is 0.166 e. The van der Waals surface area contributed by atoms with E-state index >= 15 is 0 Å². The van der Waals surface area contributed by atoms with Crippen LogP contribution in [-0.4, -0.2) is 10.9 Å². The van der Waals surface area contributed by atoms with Crippen molar-refractivity contribution in [3.8, 4) is 0 Å². The van der Waals surface area contributed by atoms with E-state index in [1.54, 1.807) is 0 Å². The zero-order valence-corrected chi connectivity index (χ0v) is 10.6. The SMILES string of the molecule is Cc1ccc(C=O)n1Cc1ccccc1Br. The second-order valence-corrected chi connectivity index (χ2v) is 4.55. The van der Waals surface area contributed by atoms with Crippen LogP contribution in [-0.2, 0) is 6.54 Å². The van der Waals surface area contributed by atoms with Crippen LogP contribution >= 0.6 is 15.9 Å². The lowest BCUT2D eigenvalue weighted by molar-refractivity contribution is 0.111. The summed E-state index contributed by atoms with van der Waals surface area (Å²) in [7, 11) is 0. The van der Waals surface area contributed by atoms with Gasteiger partial charge in [0.05, 0.1) is 5.69 Å². The van der Waals surface area contributed by atoms with Gasteiger partial charge in [0, 0.05) is 16.7 Å². The Bertz CT molecular complexity index is 516. The molecule has 0 aliphatic carbocycles. The summed E-state index contributed by atoms with van der Waals surface area (Å²) in [6, 6.07) is 11.9. The maximum Gasteiger partial charge on any atom is 0.166 e. The molecule has 0 aliphatic heterocycles. The molecule has 0 saturated heterocycles. The molecule has 0 spiro atoms. The molecule has 1 aromatic heterocycles. The number of halogens is 1. The van der Waals surface area contributed by atoms with Gasteiger partial charge in [0.2, 0.25) is 0 Å². The van der Waals surface area contributed by atoms with Crippen LogP contribution < -0.4 is 0 Å². The van der Waals surface area contributed by atoms with Gasteiger partial charge in [-0.25, -0.2) is 0 Å². The summed E-state index contributed by atoms with van der Waals surface area (Å²) in [6.07, 6.45) is 0.893. The first kappa shape index (κ1) is 11.1. The Balaban J connectivity index is 2.37. The fourth-order valence-corrected chi connectivity index (χ4v) is 2.12. The Morgan fingerprint density at radius 3 is 2.69 bits per heavy atom. The van der Waals surface area contributed by atoms with Crippen LogP contribution in [0.3, 0.4) is 0 Å². The molecule has 2 nitrogen and oxygen atoms in total. The predicted octanol–water partition coefficient (Wildman–Crippen LogP) is 3.42. The zero-order chi connectivity index (χ0) is 11.5. The highest BCUT2D eigenvalue weighted by Gasteiger charge is 2.06. The van der Waals surface area contributed by atoms with Gasteiger partial charge in [-0.05, 0) is 30.7 Å². The van der Waals surface area contributed by atoms with Crippen molar-refractivity contribution in [2.24, 2.45) is 0 Å². The number of nitrogens with zero attached hydrogens (tertiary/aromatic N) is 1. The Morgan fingerprint density at radius 2 is 2.00 bits per heavy atom. The Labute approximate surface area is 103 Å². The number of benzene rings is 1. The number of aromatic nitrogens is 1. The van der Waals surface area contributed by atoms with E-state index in [1.807, 2.05) is 41.8 Å². The van der Waals surface area contributed by atoms with Crippen molar-refractivity contribution < 1.29 is 4.79 Å². The molecule has 0 radical (unpaired) electrons. The fraction of sp³-hybridized carbons (Fsp3) is 0.154. The van der Waals surface area contributed by atoms with Crippen LogP contribution in [0.1, 0.15) is 21.7 Å². The van der Waals surface area contributed by atoms with Gasteiger partial charge < -0.3 is 4.57 Å². The maximum absolute atomic E-state index is 10.9. The third kappa shape index (κ3) is 2.09. The van der Waals surface area contributed by atoms with E-state index < -0.39 is 0 Å². The molecule has 1 aromatic carbocycles. The van der Waals surface area contributed by atoms with E-state index in [9.17, 15) is 4.79 Å². The van der Waals surface area contributed by atoms with E-state index in [0.717, 1.165) is 16.5 Å². The predicted molar refractivity (Wildman–Crippen MR) is 67.8 cm³/mol. The molecule has 0 saturated carbocycles. The highest BCUT2D eigenvalue weighted by atomic mass is 79.9. The highest BCUT2D eigenvalue weighted by molar-refractivity contribution is 9.10. The number of carbonyl (C=O) groups excluding carboxylic acids is 1. The van der Waals surface area contributed by atoms with E-state index in [1.165, 1.54) is 5.56 Å². The van der Waals surface area contributed by atoms with Crippen molar-refractivity contribution in [2.75, 3.05) is 0 Å². The first-order chi connectivity index (χ1) is 7.72. The molecule has 0 N–H and O–H groups in total. The molecule has 82 valence electrons. The molecule has 3 heteroatoms. The van der Waals surface area contributed by atoms with Crippen molar-refractivity contribution in [1.82, 2.24) is 4.57 Å². The van der Waals surface area contributed by atoms with Crippen LogP contribution in [0.2, 0.25) is 0 Å². The lowest BCUT2D eigenvalue weighted by Gasteiger charge is -2.10. The van der Waals surface area contributed by atoms with Crippen LogP contribution in [0, 0.1) is 6.92 Å². The summed E-state index contributed by atoms with van der Waals surface area (Å²) < 4.78 is 3.08. The van der Waals surface area contributed by atoms with Crippen LogP contribution in [0.5, 0.6) is 0 Å². The zero-order valence-electron chi connectivity index (χ0n) is 8.98. The lowest BCUT2D eigenvalue weighted by atomic mass is 10.2. The van der Waals surface area contributed by atoms with Crippen LogP contribution in [0.25, 0.3) is 0 Å². The van der Waals surface area contributed by atoms with Gasteiger partial charge in [-0.2, -0.15) is 0 Å². The summed E-state index contributed by atoms with van der Waals surface area (Å²) >= 11 is 3.51. The van der Waals surface area contributed by atoms with Gasteiger partial charge in [-0.15, -0.1) is 0 Å². The number of aryl methyl sites for hydroxylation is 1. The molecule has 16 heavy (non-hydrogen) atoms. The highest BCUT2D eigenvalue weighted by Crippen LogP contribution is 2.19. The molecular weight excluding hydrogens is 266 g/mol. The topological polar surface area (TPSA) is 22.0 Å². The second kappa shape index (κ2) is 4.66. The monoisotopic (exact) mass is 277 g/mol. The number of aldehydes is 1. The van der Waals surface area contributed by atoms with Crippen molar-refractivity contribution in [3.63, 3.8) is 0 Å². The number of carbonyl (C=O) groups is 1. The summed E-state index contributed by atoms with van der Waals surface area (Å²) in [5, 5.41) is 0. The molecule has 0 unspecified atom stereocenters. The normalized spacial score (nSPS) is 10.4. The van der Waals surface area contributed by atoms with Gasteiger partial charge >= 0.3 is 0 Å². The first-order valence-corrected chi connectivity index (χ1v) is 5.86. The summed E-state index contributed by atoms with van der Waals surface area (Å²) in [6.45, 7) is 2.72. The van der Waals surface area contributed by atoms with Crippen molar-refractivity contribution in [1.29, 1.82) is 0 Å². The van der Waals surface area contributed by atoms with Gasteiger partial charge in [0.1, 0.15) is 0 Å². The molecule has 0 amide bonds. The molecule has 2 aromatic rings. The first-order valence-electron chi connectivity index (χ1n) is 5.07. The van der Waals surface area contributed by atoms with E-state index in [4.69, 9.17) is 0 Å². The molecule has 0 atom stereocenters. The quantitative estimate of drug-likeness (QED) is 0.788. The Morgan fingerprint density at radius 1 is 1.25 bits per heavy atom. The number of hydrogen-bond acceptors (Lipinski definition) is 1. The van der Waals surface area contributed by atoms with E-state index in [0.29, 0.717) is 12.2 Å². The van der Waals surface area contributed by atoms with Crippen LogP contribution in [0.15, 0.2) is 40.9 Å². The van der Waals surface area contributed by atoms with E-state index in [-0.39, 0.29) is 0 Å². The molecule has 0 fully saturated rings. The standard InChI is InChI=1S/C13H12BrNO/c1-10-6-7-12(9-16)15(10)8-11-4-2-3-5-13(11)14/h2-7,9H,8H2,1H3. The molecule has 1 heterocycles. The Kier molecular flexibility index (Phi) is 3.25. The van der Waals surface area contributed by atoms with Crippen molar-refractivity contribution in [3.05, 3.63) is 57.8 Å². The Hall–Kier alpha value is -1.35. The minimum Gasteiger partial charge on any atom is -0.338 e. The molecular formula is C13H12BrNO. The number of hydrogen-bond donors (Lipinski definition) is 0. The number of rotatable bonds is 3. The van der Waals surface area contributed by atoms with Crippen molar-refractivity contribution >= 4 is 22.2 Å². The third-order valence-corrected chi connectivity index (χ3v) is 3.41. The fourth-order valence-electron chi connectivity index (χ4n) is 1.71. The van der Waals surface area contributed by atoms with E-state index in [2.05, 4.69) is 22.0 Å². The molecule has 0 aliphatic rings. The minimum absolute atomic E-state index is 0.716. The summed E-state index contributed by atoms with van der Waals surface area (Å²) in [4.78, 5) is 10.9. The van der Waals surface area contributed by atoms with Gasteiger partial charge in [-0.1, -0.05) is 34.1 Å². The van der Waals surface area contributed by atoms with Gasteiger partial charge in [-0.3, -0.25) is 4.79 Å². The van der Waals surface area contributed by atoms with Crippen molar-refractivity contribution in [2.45, 2.75) is 13.5 Å².